The largest absolute Gasteiger partial charge is 0.378 e. The Labute approximate surface area is 135 Å². The molecule has 0 aromatic heterocycles. The van der Waals surface area contributed by atoms with Gasteiger partial charge in [-0.2, -0.15) is 0 Å². The maximum absolute atomic E-state index is 13.3. The predicted octanol–water partition coefficient (Wildman–Crippen LogP) is 1.54. The molecule has 2 aliphatic heterocycles. The highest BCUT2D eigenvalue weighted by Crippen LogP contribution is 2.21. The summed E-state index contributed by atoms with van der Waals surface area (Å²) in [6.07, 6.45) is 1.59. The van der Waals surface area contributed by atoms with Crippen LogP contribution >= 0.6 is 0 Å². The molecule has 124 valence electrons. The second kappa shape index (κ2) is 7.08. The van der Waals surface area contributed by atoms with E-state index in [0.29, 0.717) is 45.0 Å². The third-order valence-corrected chi connectivity index (χ3v) is 4.45. The van der Waals surface area contributed by atoms with Crippen molar-refractivity contribution in [2.75, 3.05) is 39.4 Å². The van der Waals surface area contributed by atoms with Gasteiger partial charge in [-0.05, 0) is 31.0 Å². The average Bonchev–Trinajstić information content (AvgIpc) is 2.61. The highest BCUT2D eigenvalue weighted by atomic mass is 19.1. The van der Waals surface area contributed by atoms with Crippen molar-refractivity contribution in [3.8, 4) is 0 Å². The van der Waals surface area contributed by atoms with Crippen molar-refractivity contribution < 1.29 is 18.7 Å². The first-order valence-electron chi connectivity index (χ1n) is 8.06. The van der Waals surface area contributed by atoms with Crippen LogP contribution < -0.4 is 0 Å². The zero-order chi connectivity index (χ0) is 16.2. The summed E-state index contributed by atoms with van der Waals surface area (Å²) in [4.78, 5) is 28.6. The number of rotatable bonds is 2. The van der Waals surface area contributed by atoms with Crippen LogP contribution in [0, 0.1) is 11.7 Å². The van der Waals surface area contributed by atoms with Gasteiger partial charge in [0.25, 0.3) is 5.91 Å². The lowest BCUT2D eigenvalue weighted by atomic mass is 9.95. The Bertz CT molecular complexity index is 587. The molecule has 1 atom stereocenters. The fourth-order valence-corrected chi connectivity index (χ4v) is 3.21. The van der Waals surface area contributed by atoms with E-state index in [1.165, 1.54) is 18.2 Å². The molecule has 2 aliphatic rings. The van der Waals surface area contributed by atoms with E-state index >= 15 is 0 Å². The van der Waals surface area contributed by atoms with Crippen molar-refractivity contribution in [2.24, 2.45) is 5.92 Å². The first kappa shape index (κ1) is 15.9. The molecule has 23 heavy (non-hydrogen) atoms. The normalized spacial score (nSPS) is 22.0. The van der Waals surface area contributed by atoms with Gasteiger partial charge in [-0.3, -0.25) is 9.59 Å². The molecule has 0 aliphatic carbocycles. The van der Waals surface area contributed by atoms with Gasteiger partial charge in [-0.15, -0.1) is 0 Å². The van der Waals surface area contributed by atoms with Crippen molar-refractivity contribution in [2.45, 2.75) is 12.8 Å². The Morgan fingerprint density at radius 1 is 1.13 bits per heavy atom. The molecule has 2 saturated heterocycles. The van der Waals surface area contributed by atoms with Gasteiger partial charge in [0.15, 0.2) is 0 Å². The lowest BCUT2D eigenvalue weighted by Gasteiger charge is -2.36. The molecule has 1 aromatic carbocycles. The van der Waals surface area contributed by atoms with Gasteiger partial charge in [-0.25, -0.2) is 4.39 Å². The fourth-order valence-electron chi connectivity index (χ4n) is 3.21. The van der Waals surface area contributed by atoms with Crippen LogP contribution in [0.4, 0.5) is 4.39 Å². The number of morpholine rings is 1. The number of hydrogen-bond acceptors (Lipinski definition) is 3. The number of carbonyl (C=O) groups is 2. The molecule has 0 spiro atoms. The van der Waals surface area contributed by atoms with Crippen molar-refractivity contribution in [3.63, 3.8) is 0 Å². The van der Waals surface area contributed by atoms with E-state index in [1.807, 2.05) is 4.90 Å². The van der Waals surface area contributed by atoms with Gasteiger partial charge < -0.3 is 14.5 Å². The Morgan fingerprint density at radius 3 is 2.65 bits per heavy atom. The molecule has 0 bridgehead atoms. The first-order chi connectivity index (χ1) is 11.1. The zero-order valence-corrected chi connectivity index (χ0v) is 13.0. The van der Waals surface area contributed by atoms with E-state index in [4.69, 9.17) is 4.74 Å². The van der Waals surface area contributed by atoms with E-state index in [-0.39, 0.29) is 17.7 Å². The molecule has 0 radical (unpaired) electrons. The quantitative estimate of drug-likeness (QED) is 0.830. The van der Waals surface area contributed by atoms with Crippen molar-refractivity contribution in [1.82, 2.24) is 9.80 Å². The summed E-state index contributed by atoms with van der Waals surface area (Å²) in [7, 11) is 0. The predicted molar refractivity (Wildman–Crippen MR) is 82.4 cm³/mol. The van der Waals surface area contributed by atoms with Crippen LogP contribution in [0.25, 0.3) is 0 Å². The summed E-state index contributed by atoms with van der Waals surface area (Å²) in [5, 5.41) is 0. The van der Waals surface area contributed by atoms with Gasteiger partial charge in [0, 0.05) is 31.7 Å². The summed E-state index contributed by atoms with van der Waals surface area (Å²) < 4.78 is 18.6. The molecule has 1 aromatic rings. The number of piperidine rings is 1. The molecule has 6 heteroatoms. The minimum Gasteiger partial charge on any atom is -0.378 e. The number of ether oxygens (including phenoxy) is 1. The van der Waals surface area contributed by atoms with Gasteiger partial charge >= 0.3 is 0 Å². The number of halogens is 1. The zero-order valence-electron chi connectivity index (χ0n) is 13.0. The number of benzene rings is 1. The second-order valence-electron chi connectivity index (χ2n) is 6.04. The van der Waals surface area contributed by atoms with E-state index in [1.54, 1.807) is 11.0 Å². The van der Waals surface area contributed by atoms with Crippen LogP contribution in [0.1, 0.15) is 23.2 Å². The van der Waals surface area contributed by atoms with Crippen LogP contribution in [0.15, 0.2) is 24.3 Å². The summed E-state index contributed by atoms with van der Waals surface area (Å²) in [5.41, 5.74) is 0.337. The minimum absolute atomic E-state index is 0.102. The van der Waals surface area contributed by atoms with Crippen LogP contribution in [0.2, 0.25) is 0 Å². The highest BCUT2D eigenvalue weighted by Gasteiger charge is 2.32. The Hall–Kier alpha value is -1.95. The summed E-state index contributed by atoms with van der Waals surface area (Å²) in [6.45, 7) is 3.41. The molecule has 0 saturated carbocycles. The summed E-state index contributed by atoms with van der Waals surface area (Å²) >= 11 is 0. The fraction of sp³-hybridized carbons (Fsp3) is 0.529. The lowest BCUT2D eigenvalue weighted by Crippen LogP contribution is -2.49. The van der Waals surface area contributed by atoms with Crippen molar-refractivity contribution in [3.05, 3.63) is 35.6 Å². The first-order valence-corrected chi connectivity index (χ1v) is 8.06. The van der Waals surface area contributed by atoms with Crippen LogP contribution in [0.5, 0.6) is 0 Å². The second-order valence-corrected chi connectivity index (χ2v) is 6.04. The van der Waals surface area contributed by atoms with E-state index in [9.17, 15) is 14.0 Å². The Morgan fingerprint density at radius 2 is 1.91 bits per heavy atom. The molecule has 2 fully saturated rings. The van der Waals surface area contributed by atoms with Crippen LogP contribution in [0.3, 0.4) is 0 Å². The molecular weight excluding hydrogens is 299 g/mol. The van der Waals surface area contributed by atoms with Gasteiger partial charge in [0.1, 0.15) is 5.82 Å². The van der Waals surface area contributed by atoms with Crippen LogP contribution in [-0.4, -0.2) is 61.0 Å². The van der Waals surface area contributed by atoms with E-state index in [0.717, 1.165) is 12.8 Å². The topological polar surface area (TPSA) is 49.9 Å². The molecule has 2 amide bonds. The van der Waals surface area contributed by atoms with Crippen molar-refractivity contribution in [1.29, 1.82) is 0 Å². The number of likely N-dealkylation sites (tertiary alicyclic amines) is 1. The third-order valence-electron chi connectivity index (χ3n) is 4.45. The van der Waals surface area contributed by atoms with Gasteiger partial charge in [0.2, 0.25) is 5.91 Å². The maximum Gasteiger partial charge on any atom is 0.253 e. The lowest BCUT2D eigenvalue weighted by molar-refractivity contribution is -0.141. The number of carbonyl (C=O) groups excluding carboxylic acids is 2. The molecular formula is C17H21FN2O3. The molecule has 1 unspecified atom stereocenters. The third kappa shape index (κ3) is 3.69. The van der Waals surface area contributed by atoms with Gasteiger partial charge in [0.05, 0.1) is 19.1 Å². The maximum atomic E-state index is 13.3. The van der Waals surface area contributed by atoms with Crippen LogP contribution in [-0.2, 0) is 9.53 Å². The smallest absolute Gasteiger partial charge is 0.253 e. The molecule has 5 nitrogen and oxygen atoms in total. The van der Waals surface area contributed by atoms with Crippen molar-refractivity contribution >= 4 is 11.8 Å². The standard InChI is InChI=1S/C17H21FN2O3/c18-15-5-1-3-13(11-15)16(21)20-6-2-4-14(12-20)17(22)19-7-9-23-10-8-19/h1,3,5,11,14H,2,4,6-10,12H2. The van der Waals surface area contributed by atoms with E-state index in [2.05, 4.69) is 0 Å². The Kier molecular flexibility index (Phi) is 4.91. The summed E-state index contributed by atoms with van der Waals surface area (Å²) in [6, 6.07) is 5.70. The highest BCUT2D eigenvalue weighted by molar-refractivity contribution is 5.94. The number of nitrogens with zero attached hydrogens (tertiary/aromatic N) is 2. The summed E-state index contributed by atoms with van der Waals surface area (Å²) in [5.74, 6) is -0.692. The minimum atomic E-state index is -0.422. The number of hydrogen-bond donors (Lipinski definition) is 0. The Balaban J connectivity index is 1.65. The SMILES string of the molecule is O=C(c1cccc(F)c1)N1CCCC(C(=O)N2CCOCC2)C1. The monoisotopic (exact) mass is 320 g/mol. The average molecular weight is 320 g/mol. The van der Waals surface area contributed by atoms with E-state index < -0.39 is 5.82 Å². The molecule has 3 rings (SSSR count). The molecule has 0 N–H and O–H groups in total. The van der Waals surface area contributed by atoms with Gasteiger partial charge in [-0.1, -0.05) is 6.07 Å². The number of amides is 2. The molecule has 2 heterocycles.